The molecule has 2 aromatic rings. The second kappa shape index (κ2) is 6.33. The maximum atomic E-state index is 14.2. The molecule has 25 heavy (non-hydrogen) atoms. The Hall–Kier alpha value is -2.08. The van der Waals surface area contributed by atoms with Gasteiger partial charge in [-0.1, -0.05) is 43.3 Å². The number of para-hydroxylation sites is 1. The van der Waals surface area contributed by atoms with Gasteiger partial charge in [0.25, 0.3) is 0 Å². The first-order chi connectivity index (χ1) is 12.1. The Bertz CT molecular complexity index is 842. The van der Waals surface area contributed by atoms with Crippen LogP contribution in [-0.4, -0.2) is 11.7 Å². The van der Waals surface area contributed by atoms with Gasteiger partial charge >= 0.3 is 0 Å². The van der Waals surface area contributed by atoms with E-state index in [4.69, 9.17) is 4.74 Å². The predicted molar refractivity (Wildman–Crippen MR) is 95.6 cm³/mol. The van der Waals surface area contributed by atoms with Gasteiger partial charge in [0, 0.05) is 17.0 Å². The molecule has 0 fully saturated rings. The van der Waals surface area contributed by atoms with Crippen LogP contribution < -0.4 is 10.2 Å². The Morgan fingerprint density at radius 3 is 2.96 bits per heavy atom. The van der Waals surface area contributed by atoms with E-state index in [0.717, 1.165) is 36.3 Å². The van der Waals surface area contributed by atoms with Crippen molar-refractivity contribution in [2.75, 3.05) is 6.61 Å². The van der Waals surface area contributed by atoms with Crippen LogP contribution in [0.1, 0.15) is 30.9 Å². The Kier molecular flexibility index (Phi) is 4.15. The van der Waals surface area contributed by atoms with E-state index in [9.17, 15) is 8.78 Å². The monoisotopic (exact) mass is 360 g/mol. The minimum atomic E-state index is -0.515. The molecule has 0 radical (unpaired) electrons. The van der Waals surface area contributed by atoms with Crippen LogP contribution in [0.3, 0.4) is 0 Å². The van der Waals surface area contributed by atoms with E-state index in [-0.39, 0.29) is 11.5 Å². The summed E-state index contributed by atoms with van der Waals surface area (Å²) >= 11 is 1.45. The fraction of sp³-hybridized carbons (Fsp3) is 0.316. The Labute approximate surface area is 149 Å². The highest BCUT2D eigenvalue weighted by atomic mass is 32.2. The van der Waals surface area contributed by atoms with E-state index in [1.54, 1.807) is 0 Å². The van der Waals surface area contributed by atoms with Crippen LogP contribution in [0.2, 0.25) is 0 Å². The van der Waals surface area contributed by atoms with Gasteiger partial charge in [-0.25, -0.2) is 8.78 Å². The van der Waals surface area contributed by atoms with Crippen LogP contribution in [0.5, 0.6) is 5.75 Å². The number of benzene rings is 2. The zero-order valence-corrected chi connectivity index (χ0v) is 14.6. The van der Waals surface area contributed by atoms with Gasteiger partial charge in [-0.3, -0.25) is 5.43 Å². The first-order valence-corrected chi connectivity index (χ1v) is 9.17. The predicted octanol–water partition coefficient (Wildman–Crippen LogP) is 4.62. The molecule has 1 spiro atoms. The number of fused-ring (bicyclic) bond motifs is 2. The number of hydrogen-bond donors (Lipinski definition) is 1. The van der Waals surface area contributed by atoms with Crippen molar-refractivity contribution in [3.8, 4) is 5.75 Å². The standard InChI is InChI=1S/C19H18F2N2OS/c1-2-5-12-11-24-17-7-4-3-6-15(17)19(12)23-22-18(25-19)14-10-13(20)8-9-16(14)21/h3-4,6-10,12,23H,2,5,11H2,1H3. The fourth-order valence-electron chi connectivity index (χ4n) is 3.46. The third-order valence-electron chi connectivity index (χ3n) is 4.68. The average molecular weight is 360 g/mol. The first-order valence-electron chi connectivity index (χ1n) is 8.35. The maximum Gasteiger partial charge on any atom is 0.140 e. The van der Waals surface area contributed by atoms with Gasteiger partial charge in [0.2, 0.25) is 0 Å². The summed E-state index contributed by atoms with van der Waals surface area (Å²) in [5, 5.41) is 4.85. The van der Waals surface area contributed by atoms with Crippen LogP contribution in [0, 0.1) is 17.6 Å². The smallest absolute Gasteiger partial charge is 0.140 e. The van der Waals surface area contributed by atoms with Gasteiger partial charge in [-0.05, 0) is 30.7 Å². The molecule has 2 aliphatic heterocycles. The molecular formula is C19H18F2N2OS. The number of nitrogens with one attached hydrogen (secondary N) is 1. The third-order valence-corrected chi connectivity index (χ3v) is 6.15. The van der Waals surface area contributed by atoms with Gasteiger partial charge in [0.15, 0.2) is 0 Å². The molecule has 0 aliphatic carbocycles. The second-order valence-electron chi connectivity index (χ2n) is 6.28. The van der Waals surface area contributed by atoms with E-state index in [1.807, 2.05) is 24.3 Å². The fourth-order valence-corrected chi connectivity index (χ4v) is 4.85. The summed E-state index contributed by atoms with van der Waals surface area (Å²) in [5.74, 6) is 0.0401. The Morgan fingerprint density at radius 1 is 1.28 bits per heavy atom. The van der Waals surface area contributed by atoms with Crippen LogP contribution in [0.4, 0.5) is 8.78 Å². The topological polar surface area (TPSA) is 33.6 Å². The van der Waals surface area contributed by atoms with E-state index >= 15 is 0 Å². The SMILES string of the molecule is CCCC1COc2ccccc2C12NN=C(c1cc(F)ccc1F)S2. The largest absolute Gasteiger partial charge is 0.493 e. The second-order valence-corrected chi connectivity index (χ2v) is 7.52. The minimum absolute atomic E-state index is 0.176. The summed E-state index contributed by atoms with van der Waals surface area (Å²) < 4.78 is 33.7. The van der Waals surface area contributed by atoms with Crippen molar-refractivity contribution >= 4 is 16.8 Å². The van der Waals surface area contributed by atoms with Crippen LogP contribution >= 0.6 is 11.8 Å². The molecule has 6 heteroatoms. The highest BCUT2D eigenvalue weighted by molar-refractivity contribution is 8.15. The van der Waals surface area contributed by atoms with E-state index in [2.05, 4.69) is 17.5 Å². The van der Waals surface area contributed by atoms with Gasteiger partial charge in [-0.2, -0.15) is 5.10 Å². The van der Waals surface area contributed by atoms with E-state index in [1.165, 1.54) is 17.8 Å². The number of rotatable bonds is 3. The van der Waals surface area contributed by atoms with E-state index in [0.29, 0.717) is 11.7 Å². The van der Waals surface area contributed by atoms with Gasteiger partial charge < -0.3 is 4.74 Å². The first kappa shape index (κ1) is 16.4. The number of nitrogens with zero attached hydrogens (tertiary/aromatic N) is 1. The van der Waals surface area contributed by atoms with Crippen molar-refractivity contribution < 1.29 is 13.5 Å². The Balaban J connectivity index is 1.75. The normalized spacial score (nSPS) is 24.4. The number of thioether (sulfide) groups is 1. The summed E-state index contributed by atoms with van der Waals surface area (Å²) in [6.45, 7) is 2.70. The van der Waals surface area contributed by atoms with Crippen molar-refractivity contribution in [3.05, 3.63) is 65.2 Å². The molecule has 0 aromatic heterocycles. The Morgan fingerprint density at radius 2 is 2.12 bits per heavy atom. The highest BCUT2D eigenvalue weighted by Crippen LogP contribution is 2.52. The zero-order chi connectivity index (χ0) is 17.4. The van der Waals surface area contributed by atoms with Crippen LogP contribution in [0.15, 0.2) is 47.6 Å². The van der Waals surface area contributed by atoms with E-state index < -0.39 is 16.5 Å². The van der Waals surface area contributed by atoms with Gasteiger partial charge in [-0.15, -0.1) is 0 Å². The molecular weight excluding hydrogens is 342 g/mol. The lowest BCUT2D eigenvalue weighted by molar-refractivity contribution is 0.153. The zero-order valence-electron chi connectivity index (χ0n) is 13.8. The summed E-state index contributed by atoms with van der Waals surface area (Å²) in [6.07, 6.45) is 1.95. The molecule has 2 heterocycles. The third kappa shape index (κ3) is 2.68. The van der Waals surface area contributed by atoms with Gasteiger partial charge in [0.1, 0.15) is 27.3 Å². The molecule has 0 bridgehead atoms. The molecule has 0 amide bonds. The minimum Gasteiger partial charge on any atom is -0.493 e. The van der Waals surface area contributed by atoms with Crippen LogP contribution in [-0.2, 0) is 4.87 Å². The highest BCUT2D eigenvalue weighted by Gasteiger charge is 2.50. The summed E-state index contributed by atoms with van der Waals surface area (Å²) in [4.78, 5) is -0.515. The molecule has 0 saturated heterocycles. The van der Waals surface area contributed by atoms with Crippen molar-refractivity contribution in [1.82, 2.24) is 5.43 Å². The average Bonchev–Trinajstić information content (AvgIpc) is 3.06. The number of hydrogen-bond acceptors (Lipinski definition) is 4. The number of ether oxygens (including phenoxy) is 1. The van der Waals surface area contributed by atoms with Gasteiger partial charge in [0.05, 0.1) is 6.61 Å². The number of halogens is 2. The molecule has 2 unspecified atom stereocenters. The molecule has 4 rings (SSSR count). The molecule has 3 nitrogen and oxygen atoms in total. The van der Waals surface area contributed by atoms with Crippen molar-refractivity contribution in [2.24, 2.45) is 11.0 Å². The summed E-state index contributed by atoms with van der Waals surface area (Å²) in [6, 6.07) is 11.3. The molecule has 2 aromatic carbocycles. The maximum absolute atomic E-state index is 14.2. The van der Waals surface area contributed by atoms with Crippen LogP contribution in [0.25, 0.3) is 0 Å². The molecule has 2 aliphatic rings. The van der Waals surface area contributed by atoms with Crippen molar-refractivity contribution in [1.29, 1.82) is 0 Å². The van der Waals surface area contributed by atoms with Crippen molar-refractivity contribution in [3.63, 3.8) is 0 Å². The van der Waals surface area contributed by atoms with Crippen molar-refractivity contribution in [2.45, 2.75) is 24.6 Å². The number of hydrazone groups is 1. The summed E-state index contributed by atoms with van der Waals surface area (Å²) in [7, 11) is 0. The lowest BCUT2D eigenvalue weighted by Gasteiger charge is -2.41. The molecule has 130 valence electrons. The molecule has 2 atom stereocenters. The molecule has 1 N–H and O–H groups in total. The molecule has 0 saturated carbocycles. The lowest BCUT2D eigenvalue weighted by atomic mass is 9.87. The summed E-state index contributed by atoms with van der Waals surface area (Å²) in [5.41, 5.74) is 4.43. The quantitative estimate of drug-likeness (QED) is 0.867. The lowest BCUT2D eigenvalue weighted by Crippen LogP contribution is -2.46.